The summed E-state index contributed by atoms with van der Waals surface area (Å²) in [6, 6.07) is 2.05. The molecule has 1 aliphatic carbocycles. The van der Waals surface area contributed by atoms with Crippen molar-refractivity contribution in [1.82, 2.24) is 25.1 Å². The van der Waals surface area contributed by atoms with Crippen molar-refractivity contribution in [2.24, 2.45) is 7.05 Å². The second kappa shape index (κ2) is 7.64. The largest absolute Gasteiger partial charge is 0.439 e. The number of carbonyl (C=O) groups excluding carboxylic acids is 1. The number of aromatic nitrogens is 4. The smallest absolute Gasteiger partial charge is 0.435 e. The van der Waals surface area contributed by atoms with Crippen LogP contribution in [0.15, 0.2) is 28.8 Å². The molecule has 170 valence electrons. The fourth-order valence-corrected chi connectivity index (χ4v) is 3.45. The van der Waals surface area contributed by atoms with Gasteiger partial charge in [0.25, 0.3) is 5.91 Å². The molecule has 0 aromatic carbocycles. The zero-order valence-corrected chi connectivity index (χ0v) is 16.4. The second-order valence-corrected chi connectivity index (χ2v) is 7.21. The molecule has 0 saturated carbocycles. The molecule has 0 radical (unpaired) electrons. The summed E-state index contributed by atoms with van der Waals surface area (Å²) < 4.78 is 83.9. The number of pyridine rings is 1. The maximum atomic E-state index is 12.9. The molecule has 32 heavy (non-hydrogen) atoms. The van der Waals surface area contributed by atoms with Crippen LogP contribution in [-0.4, -0.2) is 25.7 Å². The predicted octanol–water partition coefficient (Wildman–Crippen LogP) is 4.32. The number of halogens is 6. The highest BCUT2D eigenvalue weighted by Crippen LogP contribution is 2.35. The molecule has 0 fully saturated rings. The van der Waals surface area contributed by atoms with Crippen LogP contribution >= 0.6 is 0 Å². The Hall–Kier alpha value is -3.38. The van der Waals surface area contributed by atoms with Gasteiger partial charge in [-0.1, -0.05) is 0 Å². The van der Waals surface area contributed by atoms with Crippen molar-refractivity contribution >= 4 is 5.91 Å². The van der Waals surface area contributed by atoms with Gasteiger partial charge in [-0.05, 0) is 31.4 Å². The Labute approximate surface area is 176 Å². The van der Waals surface area contributed by atoms with Crippen LogP contribution in [0.1, 0.15) is 52.2 Å². The van der Waals surface area contributed by atoms with E-state index in [0.717, 1.165) is 16.9 Å². The molecule has 0 unspecified atom stereocenters. The zero-order valence-electron chi connectivity index (χ0n) is 16.4. The van der Waals surface area contributed by atoms with Gasteiger partial charge in [-0.2, -0.15) is 31.4 Å². The van der Waals surface area contributed by atoms with Crippen molar-refractivity contribution in [1.29, 1.82) is 0 Å². The fourth-order valence-electron chi connectivity index (χ4n) is 3.45. The first-order chi connectivity index (χ1) is 14.9. The van der Waals surface area contributed by atoms with Gasteiger partial charge in [0.1, 0.15) is 17.1 Å². The number of fused-ring (bicyclic) bond motifs is 1. The standard InChI is InChI=1S/C19H15F6N5O2/c1-30-12(8-14(29-30)19(23,24)25)16(31)27-10-3-2-4-11-15(10)32-17(28-11)9-5-6-26-13(7-9)18(20,21)22/h5-8,10H,2-4H2,1H3,(H,27,31)/t10-/m0/s1. The van der Waals surface area contributed by atoms with Gasteiger partial charge in [-0.25, -0.2) is 4.98 Å². The third-order valence-corrected chi connectivity index (χ3v) is 4.96. The molecular weight excluding hydrogens is 444 g/mol. The number of hydrogen-bond donors (Lipinski definition) is 1. The lowest BCUT2D eigenvalue weighted by Gasteiger charge is -2.21. The van der Waals surface area contributed by atoms with Crippen molar-refractivity contribution in [2.45, 2.75) is 37.7 Å². The van der Waals surface area contributed by atoms with Crippen LogP contribution in [0.4, 0.5) is 26.3 Å². The van der Waals surface area contributed by atoms with Crippen LogP contribution < -0.4 is 5.32 Å². The Morgan fingerprint density at radius 3 is 2.53 bits per heavy atom. The number of hydrogen-bond acceptors (Lipinski definition) is 5. The van der Waals surface area contributed by atoms with E-state index in [-0.39, 0.29) is 22.9 Å². The van der Waals surface area contributed by atoms with E-state index in [0.29, 0.717) is 31.0 Å². The van der Waals surface area contributed by atoms with Gasteiger partial charge in [-0.15, -0.1) is 0 Å². The molecule has 3 heterocycles. The number of nitrogens with zero attached hydrogens (tertiary/aromatic N) is 4. The number of nitrogens with one attached hydrogen (secondary N) is 1. The number of aryl methyl sites for hydroxylation is 2. The molecule has 13 heteroatoms. The Bertz CT molecular complexity index is 1160. The highest BCUT2D eigenvalue weighted by Gasteiger charge is 2.37. The summed E-state index contributed by atoms with van der Waals surface area (Å²) in [5.74, 6) is -0.610. The Kier molecular flexibility index (Phi) is 5.21. The number of carbonyl (C=O) groups is 1. The van der Waals surface area contributed by atoms with Gasteiger partial charge in [-0.3, -0.25) is 14.5 Å². The highest BCUT2D eigenvalue weighted by molar-refractivity contribution is 5.93. The number of rotatable bonds is 3. The molecular formula is C19H15F6N5O2. The Morgan fingerprint density at radius 2 is 1.88 bits per heavy atom. The minimum absolute atomic E-state index is 0.0632. The first-order valence-corrected chi connectivity index (χ1v) is 9.39. The summed E-state index contributed by atoms with van der Waals surface area (Å²) in [6.07, 6.45) is -6.87. The van der Waals surface area contributed by atoms with Gasteiger partial charge in [0.2, 0.25) is 5.89 Å². The van der Waals surface area contributed by atoms with Gasteiger partial charge < -0.3 is 9.73 Å². The van der Waals surface area contributed by atoms with E-state index in [1.807, 2.05) is 0 Å². The van der Waals surface area contributed by atoms with Crippen molar-refractivity contribution < 1.29 is 35.6 Å². The van der Waals surface area contributed by atoms with Crippen molar-refractivity contribution in [3.8, 4) is 11.5 Å². The van der Waals surface area contributed by atoms with Crippen LogP contribution in [-0.2, 0) is 25.8 Å². The minimum Gasteiger partial charge on any atom is -0.439 e. The summed E-state index contributed by atoms with van der Waals surface area (Å²) in [7, 11) is 1.21. The molecule has 0 spiro atoms. The monoisotopic (exact) mass is 459 g/mol. The van der Waals surface area contributed by atoms with Gasteiger partial charge in [0.15, 0.2) is 5.69 Å². The first-order valence-electron chi connectivity index (χ1n) is 9.39. The lowest BCUT2D eigenvalue weighted by Crippen LogP contribution is -2.31. The average molecular weight is 459 g/mol. The van der Waals surface area contributed by atoms with Crippen LogP contribution in [0.2, 0.25) is 0 Å². The average Bonchev–Trinajstić information content (AvgIpc) is 3.32. The summed E-state index contributed by atoms with van der Waals surface area (Å²) in [5, 5.41) is 5.91. The van der Waals surface area contributed by atoms with Gasteiger partial charge >= 0.3 is 12.4 Å². The second-order valence-electron chi connectivity index (χ2n) is 7.21. The molecule has 0 bridgehead atoms. The molecule has 7 nitrogen and oxygen atoms in total. The van der Waals surface area contributed by atoms with Crippen LogP contribution in [0.25, 0.3) is 11.5 Å². The SMILES string of the molecule is Cn1nc(C(F)(F)F)cc1C(=O)N[C@H]1CCCc2nc(-c3ccnc(C(F)(F)F)c3)oc21. The normalized spacial score (nSPS) is 16.7. The molecule has 1 amide bonds. The Morgan fingerprint density at radius 1 is 1.16 bits per heavy atom. The van der Waals surface area contributed by atoms with E-state index in [1.54, 1.807) is 0 Å². The van der Waals surface area contributed by atoms with Crippen LogP contribution in [0.3, 0.4) is 0 Å². The van der Waals surface area contributed by atoms with Crippen molar-refractivity contribution in [3.63, 3.8) is 0 Å². The summed E-state index contributed by atoms with van der Waals surface area (Å²) in [6.45, 7) is 0. The molecule has 0 aliphatic heterocycles. The number of amides is 1. The Balaban J connectivity index is 1.60. The summed E-state index contributed by atoms with van der Waals surface area (Å²) >= 11 is 0. The van der Waals surface area contributed by atoms with E-state index in [4.69, 9.17) is 4.42 Å². The molecule has 4 rings (SSSR count). The van der Waals surface area contributed by atoms with E-state index < -0.39 is 35.7 Å². The molecule has 0 saturated heterocycles. The molecule has 1 atom stereocenters. The third-order valence-electron chi connectivity index (χ3n) is 4.96. The van der Waals surface area contributed by atoms with Gasteiger partial charge in [0, 0.05) is 24.9 Å². The van der Waals surface area contributed by atoms with E-state index in [9.17, 15) is 31.1 Å². The quantitative estimate of drug-likeness (QED) is 0.590. The lowest BCUT2D eigenvalue weighted by atomic mass is 9.97. The highest BCUT2D eigenvalue weighted by atomic mass is 19.4. The third kappa shape index (κ3) is 4.18. The number of alkyl halides is 6. The molecule has 1 N–H and O–H groups in total. The zero-order chi connectivity index (χ0) is 23.3. The van der Waals surface area contributed by atoms with Crippen LogP contribution in [0, 0.1) is 0 Å². The van der Waals surface area contributed by atoms with Crippen molar-refractivity contribution in [2.75, 3.05) is 0 Å². The summed E-state index contributed by atoms with van der Waals surface area (Å²) in [5.41, 5.74) is -2.08. The van der Waals surface area contributed by atoms with E-state index in [2.05, 4.69) is 20.4 Å². The fraction of sp³-hybridized carbons (Fsp3) is 0.368. The van der Waals surface area contributed by atoms with E-state index >= 15 is 0 Å². The maximum absolute atomic E-state index is 12.9. The molecule has 1 aliphatic rings. The van der Waals surface area contributed by atoms with E-state index in [1.165, 1.54) is 13.1 Å². The lowest BCUT2D eigenvalue weighted by molar-refractivity contribution is -0.142. The summed E-state index contributed by atoms with van der Waals surface area (Å²) in [4.78, 5) is 20.1. The maximum Gasteiger partial charge on any atom is 0.435 e. The minimum atomic E-state index is -4.70. The predicted molar refractivity (Wildman–Crippen MR) is 96.1 cm³/mol. The van der Waals surface area contributed by atoms with Crippen LogP contribution in [0.5, 0.6) is 0 Å². The van der Waals surface area contributed by atoms with Gasteiger partial charge in [0.05, 0.1) is 11.7 Å². The first kappa shape index (κ1) is 21.8. The molecule has 3 aromatic heterocycles. The topological polar surface area (TPSA) is 85.8 Å². The number of oxazole rings is 1. The molecule has 3 aromatic rings. The van der Waals surface area contributed by atoms with Crippen molar-refractivity contribution in [3.05, 3.63) is 52.9 Å².